The highest BCUT2D eigenvalue weighted by atomic mass is 16.5. The molecule has 0 saturated carbocycles. The molecule has 19 heavy (non-hydrogen) atoms. The zero-order valence-electron chi connectivity index (χ0n) is 11.9. The van der Waals surface area contributed by atoms with E-state index in [1.54, 1.807) is 13.8 Å². The lowest BCUT2D eigenvalue weighted by Gasteiger charge is -2.35. The Balaban J connectivity index is 2.20. The fraction of sp³-hybridized carbons (Fsp3) is 0.923. The molecule has 1 aliphatic heterocycles. The van der Waals surface area contributed by atoms with Crippen LogP contribution < -0.4 is 0 Å². The molecule has 0 radical (unpaired) electrons. The summed E-state index contributed by atoms with van der Waals surface area (Å²) in [6, 6.07) is 2.04. The first-order valence-electron chi connectivity index (χ1n) is 6.75. The van der Waals surface area contributed by atoms with Crippen molar-refractivity contribution in [3.63, 3.8) is 0 Å². The van der Waals surface area contributed by atoms with E-state index in [9.17, 15) is 5.11 Å². The molecule has 1 fully saturated rings. The highest BCUT2D eigenvalue weighted by molar-refractivity contribution is 4.94. The number of ether oxygens (including phenoxy) is 1. The normalized spacial score (nSPS) is 20.2. The van der Waals surface area contributed by atoms with Crippen LogP contribution in [0.3, 0.4) is 0 Å². The maximum Gasteiger partial charge on any atom is 0.148 e. The summed E-state index contributed by atoms with van der Waals surface area (Å²) in [7, 11) is 0. The molecule has 0 amide bonds. The molecule has 0 aromatic heterocycles. The van der Waals surface area contributed by atoms with E-state index in [1.165, 1.54) is 0 Å². The standard InChI is InChI=1S/C13H25N3O3/c1-13(2,11-14)19-10-12(18)9-16-5-3-15(4-6-16)7-8-17/h12,17-18H,3-10H2,1-2H3/t12-/m1/s1. The van der Waals surface area contributed by atoms with Gasteiger partial charge in [-0.15, -0.1) is 0 Å². The fourth-order valence-corrected chi connectivity index (χ4v) is 2.02. The Kier molecular flexibility index (Phi) is 6.69. The molecule has 1 heterocycles. The lowest BCUT2D eigenvalue weighted by atomic mass is 10.2. The summed E-state index contributed by atoms with van der Waals surface area (Å²) < 4.78 is 5.36. The van der Waals surface area contributed by atoms with Gasteiger partial charge in [0.2, 0.25) is 0 Å². The molecule has 0 bridgehead atoms. The highest BCUT2D eigenvalue weighted by Gasteiger charge is 2.22. The Morgan fingerprint density at radius 3 is 2.37 bits per heavy atom. The van der Waals surface area contributed by atoms with Crippen LogP contribution in [-0.4, -0.2) is 84.2 Å². The first kappa shape index (κ1) is 16.3. The monoisotopic (exact) mass is 271 g/mol. The van der Waals surface area contributed by atoms with Crippen molar-refractivity contribution in [2.75, 3.05) is 52.5 Å². The number of rotatable bonds is 7. The van der Waals surface area contributed by atoms with Crippen molar-refractivity contribution in [1.82, 2.24) is 9.80 Å². The number of piperazine rings is 1. The Morgan fingerprint density at radius 2 is 1.84 bits per heavy atom. The van der Waals surface area contributed by atoms with Crippen molar-refractivity contribution >= 4 is 0 Å². The number of β-amino-alcohol motifs (C(OH)–C–C–N with tert-alkyl or cyclic N) is 2. The number of aliphatic hydroxyl groups is 2. The minimum atomic E-state index is -0.846. The Hall–Kier alpha value is -0.710. The number of hydrogen-bond acceptors (Lipinski definition) is 6. The summed E-state index contributed by atoms with van der Waals surface area (Å²) in [5.41, 5.74) is -0.846. The highest BCUT2D eigenvalue weighted by Crippen LogP contribution is 2.08. The molecule has 110 valence electrons. The van der Waals surface area contributed by atoms with Crippen LogP contribution in [0, 0.1) is 11.3 Å². The van der Waals surface area contributed by atoms with Crippen LogP contribution in [0.1, 0.15) is 13.8 Å². The van der Waals surface area contributed by atoms with Crippen LogP contribution in [0.4, 0.5) is 0 Å². The molecule has 0 aliphatic carbocycles. The van der Waals surface area contributed by atoms with Gasteiger partial charge in [0.25, 0.3) is 0 Å². The zero-order valence-corrected chi connectivity index (χ0v) is 11.9. The summed E-state index contributed by atoms with van der Waals surface area (Å²) in [5, 5.41) is 27.6. The summed E-state index contributed by atoms with van der Waals surface area (Å²) in [6.07, 6.45) is -0.572. The van der Waals surface area contributed by atoms with Crippen molar-refractivity contribution in [3.05, 3.63) is 0 Å². The Morgan fingerprint density at radius 1 is 1.26 bits per heavy atom. The lowest BCUT2D eigenvalue weighted by molar-refractivity contribution is -0.0419. The first-order valence-corrected chi connectivity index (χ1v) is 6.75. The van der Waals surface area contributed by atoms with Gasteiger partial charge in [-0.3, -0.25) is 9.80 Å². The average molecular weight is 271 g/mol. The minimum absolute atomic E-state index is 0.178. The maximum absolute atomic E-state index is 9.90. The van der Waals surface area contributed by atoms with Crippen molar-refractivity contribution in [1.29, 1.82) is 5.26 Å². The molecule has 1 atom stereocenters. The van der Waals surface area contributed by atoms with E-state index in [0.717, 1.165) is 32.7 Å². The van der Waals surface area contributed by atoms with E-state index in [-0.39, 0.29) is 13.2 Å². The molecule has 1 saturated heterocycles. The topological polar surface area (TPSA) is 80.0 Å². The average Bonchev–Trinajstić information content (AvgIpc) is 2.39. The lowest BCUT2D eigenvalue weighted by Crippen LogP contribution is -2.49. The van der Waals surface area contributed by atoms with Crippen LogP contribution in [0.15, 0.2) is 0 Å². The van der Waals surface area contributed by atoms with E-state index in [2.05, 4.69) is 9.80 Å². The largest absolute Gasteiger partial charge is 0.395 e. The molecule has 1 rings (SSSR count). The summed E-state index contributed by atoms with van der Waals surface area (Å²) >= 11 is 0. The van der Waals surface area contributed by atoms with Crippen LogP contribution in [0.5, 0.6) is 0 Å². The molecular weight excluding hydrogens is 246 g/mol. The summed E-state index contributed by atoms with van der Waals surface area (Å²) in [4.78, 5) is 4.39. The van der Waals surface area contributed by atoms with Crippen molar-refractivity contribution in [2.45, 2.75) is 25.6 Å². The van der Waals surface area contributed by atoms with Gasteiger partial charge in [0.1, 0.15) is 5.60 Å². The van der Waals surface area contributed by atoms with E-state index < -0.39 is 11.7 Å². The molecule has 6 heteroatoms. The minimum Gasteiger partial charge on any atom is -0.395 e. The number of nitriles is 1. The van der Waals surface area contributed by atoms with E-state index in [1.807, 2.05) is 6.07 Å². The Bertz CT molecular complexity index is 296. The number of nitrogens with zero attached hydrogens (tertiary/aromatic N) is 3. The molecule has 0 aromatic rings. The molecule has 2 N–H and O–H groups in total. The second-order valence-corrected chi connectivity index (χ2v) is 5.45. The van der Waals surface area contributed by atoms with Crippen LogP contribution in [0.2, 0.25) is 0 Å². The summed E-state index contributed by atoms with van der Waals surface area (Å²) in [6.45, 7) is 8.63. The predicted octanol–water partition coefficient (Wildman–Crippen LogP) is -0.724. The molecule has 0 spiro atoms. The fourth-order valence-electron chi connectivity index (χ4n) is 2.02. The van der Waals surface area contributed by atoms with Crippen molar-refractivity contribution in [2.24, 2.45) is 0 Å². The molecule has 6 nitrogen and oxygen atoms in total. The predicted molar refractivity (Wildman–Crippen MR) is 71.6 cm³/mol. The van der Waals surface area contributed by atoms with Crippen molar-refractivity contribution < 1.29 is 14.9 Å². The molecule has 0 unspecified atom stereocenters. The van der Waals surface area contributed by atoms with Crippen LogP contribution >= 0.6 is 0 Å². The molecular formula is C13H25N3O3. The van der Waals surface area contributed by atoms with Gasteiger partial charge in [0.05, 0.1) is 25.4 Å². The maximum atomic E-state index is 9.90. The van der Waals surface area contributed by atoms with Gasteiger partial charge in [-0.25, -0.2) is 0 Å². The van der Waals surface area contributed by atoms with Gasteiger partial charge in [-0.2, -0.15) is 5.26 Å². The smallest absolute Gasteiger partial charge is 0.148 e. The SMILES string of the molecule is CC(C)(C#N)OC[C@H](O)CN1CCN(CCO)CC1. The van der Waals surface area contributed by atoms with E-state index in [0.29, 0.717) is 6.54 Å². The third-order valence-corrected chi connectivity index (χ3v) is 3.26. The quantitative estimate of drug-likeness (QED) is 0.636. The van der Waals surface area contributed by atoms with Gasteiger partial charge < -0.3 is 14.9 Å². The van der Waals surface area contributed by atoms with Gasteiger partial charge in [0, 0.05) is 39.3 Å². The summed E-state index contributed by atoms with van der Waals surface area (Å²) in [5.74, 6) is 0. The Labute approximate surface area is 115 Å². The van der Waals surface area contributed by atoms with Crippen LogP contribution in [0.25, 0.3) is 0 Å². The van der Waals surface area contributed by atoms with Gasteiger partial charge in [0.15, 0.2) is 0 Å². The number of hydrogen-bond donors (Lipinski definition) is 2. The molecule has 1 aliphatic rings. The first-order chi connectivity index (χ1) is 8.96. The second-order valence-electron chi connectivity index (χ2n) is 5.45. The number of aliphatic hydroxyl groups excluding tert-OH is 2. The van der Waals surface area contributed by atoms with E-state index >= 15 is 0 Å². The zero-order chi connectivity index (χ0) is 14.3. The van der Waals surface area contributed by atoms with Gasteiger partial charge in [-0.1, -0.05) is 0 Å². The third-order valence-electron chi connectivity index (χ3n) is 3.26. The second kappa shape index (κ2) is 7.78. The van der Waals surface area contributed by atoms with Gasteiger partial charge in [-0.05, 0) is 13.8 Å². The molecule has 0 aromatic carbocycles. The van der Waals surface area contributed by atoms with Crippen LogP contribution in [-0.2, 0) is 4.74 Å². The third kappa shape index (κ3) is 6.32. The van der Waals surface area contributed by atoms with Crippen molar-refractivity contribution in [3.8, 4) is 6.07 Å². The van der Waals surface area contributed by atoms with Gasteiger partial charge >= 0.3 is 0 Å². The van der Waals surface area contributed by atoms with E-state index in [4.69, 9.17) is 15.1 Å².